The summed E-state index contributed by atoms with van der Waals surface area (Å²) in [7, 11) is -3.45. The van der Waals surface area contributed by atoms with Gasteiger partial charge in [0, 0.05) is 13.1 Å². The molecule has 0 saturated carbocycles. The third-order valence-electron chi connectivity index (χ3n) is 4.78. The van der Waals surface area contributed by atoms with Gasteiger partial charge in [-0.15, -0.1) is 0 Å². The van der Waals surface area contributed by atoms with Crippen LogP contribution in [0.2, 0.25) is 0 Å². The molecule has 4 rings (SSSR count). The predicted molar refractivity (Wildman–Crippen MR) is 111 cm³/mol. The molecule has 0 atom stereocenters. The van der Waals surface area contributed by atoms with Crippen LogP contribution in [0, 0.1) is 0 Å². The van der Waals surface area contributed by atoms with E-state index < -0.39 is 10.0 Å². The van der Waals surface area contributed by atoms with E-state index in [2.05, 4.69) is 10.3 Å². The summed E-state index contributed by atoms with van der Waals surface area (Å²) in [6.07, 6.45) is 3.06. The molecule has 3 aromatic rings. The molecule has 0 spiro atoms. The van der Waals surface area contributed by atoms with Crippen LogP contribution in [0.4, 0.5) is 5.13 Å². The molecular formula is C20H21N3O3S2. The van der Waals surface area contributed by atoms with Crippen molar-refractivity contribution in [2.75, 3.05) is 18.4 Å². The van der Waals surface area contributed by atoms with Crippen molar-refractivity contribution in [3.8, 4) is 0 Å². The third-order valence-corrected chi connectivity index (χ3v) is 7.65. The topological polar surface area (TPSA) is 79.4 Å². The molecule has 1 fully saturated rings. The Morgan fingerprint density at radius 3 is 2.46 bits per heavy atom. The Bertz CT molecular complexity index is 1050. The van der Waals surface area contributed by atoms with Crippen LogP contribution in [0.3, 0.4) is 0 Å². The molecular weight excluding hydrogens is 394 g/mol. The molecule has 28 heavy (non-hydrogen) atoms. The van der Waals surface area contributed by atoms with E-state index in [-0.39, 0.29) is 17.2 Å². The van der Waals surface area contributed by atoms with Crippen molar-refractivity contribution in [3.63, 3.8) is 0 Å². The summed E-state index contributed by atoms with van der Waals surface area (Å²) in [5.74, 6) is -0.175. The van der Waals surface area contributed by atoms with Gasteiger partial charge in [-0.1, -0.05) is 42.0 Å². The fourth-order valence-corrected chi connectivity index (χ4v) is 5.71. The summed E-state index contributed by atoms with van der Waals surface area (Å²) < 4.78 is 27.9. The van der Waals surface area contributed by atoms with Crippen molar-refractivity contribution >= 4 is 42.6 Å². The van der Waals surface area contributed by atoms with Gasteiger partial charge in [0.05, 0.1) is 21.5 Å². The number of nitrogens with one attached hydrogen (secondary N) is 1. The minimum atomic E-state index is -3.45. The van der Waals surface area contributed by atoms with Crippen molar-refractivity contribution in [3.05, 3.63) is 54.1 Å². The van der Waals surface area contributed by atoms with E-state index in [1.807, 2.05) is 24.3 Å². The van der Waals surface area contributed by atoms with Crippen LogP contribution in [0.25, 0.3) is 10.2 Å². The zero-order valence-electron chi connectivity index (χ0n) is 15.3. The first-order chi connectivity index (χ1) is 13.5. The number of anilines is 1. The van der Waals surface area contributed by atoms with Gasteiger partial charge < -0.3 is 5.32 Å². The highest BCUT2D eigenvalue weighted by Crippen LogP contribution is 2.25. The highest BCUT2D eigenvalue weighted by molar-refractivity contribution is 7.89. The van der Waals surface area contributed by atoms with Gasteiger partial charge >= 0.3 is 0 Å². The predicted octanol–water partition coefficient (Wildman–Crippen LogP) is 3.65. The lowest BCUT2D eigenvalue weighted by atomic mass is 10.1. The second-order valence-electron chi connectivity index (χ2n) is 6.82. The molecule has 0 radical (unpaired) electrons. The first-order valence-corrected chi connectivity index (χ1v) is 11.5. The molecule has 146 valence electrons. The molecule has 1 N–H and O–H groups in total. The number of sulfonamides is 1. The Morgan fingerprint density at radius 1 is 1.04 bits per heavy atom. The summed E-state index contributed by atoms with van der Waals surface area (Å²) in [6.45, 7) is 1.16. The number of hydrogen-bond donors (Lipinski definition) is 1. The molecule has 8 heteroatoms. The molecule has 1 aliphatic heterocycles. The molecule has 2 aromatic carbocycles. The number of benzene rings is 2. The van der Waals surface area contributed by atoms with Crippen LogP contribution < -0.4 is 5.32 Å². The molecule has 1 aliphatic rings. The van der Waals surface area contributed by atoms with E-state index in [9.17, 15) is 13.2 Å². The van der Waals surface area contributed by atoms with Crippen molar-refractivity contribution in [1.82, 2.24) is 9.29 Å². The van der Waals surface area contributed by atoms with Gasteiger partial charge in [0.2, 0.25) is 15.9 Å². The van der Waals surface area contributed by atoms with Gasteiger partial charge in [0.1, 0.15) is 0 Å². The van der Waals surface area contributed by atoms with Crippen LogP contribution in [0.5, 0.6) is 0 Å². The van der Waals surface area contributed by atoms with Gasteiger partial charge in [-0.05, 0) is 42.7 Å². The van der Waals surface area contributed by atoms with E-state index in [4.69, 9.17) is 0 Å². The summed E-state index contributed by atoms with van der Waals surface area (Å²) >= 11 is 1.43. The smallest absolute Gasteiger partial charge is 0.243 e. The second-order valence-corrected chi connectivity index (χ2v) is 9.79. The number of piperidine rings is 1. The molecule has 2 heterocycles. The van der Waals surface area contributed by atoms with Crippen LogP contribution in [-0.2, 0) is 21.2 Å². The Balaban J connectivity index is 1.41. The number of nitrogens with zero attached hydrogens (tertiary/aromatic N) is 2. The zero-order chi connectivity index (χ0) is 19.6. The molecule has 1 saturated heterocycles. The number of carbonyl (C=O) groups is 1. The average molecular weight is 416 g/mol. The van der Waals surface area contributed by atoms with Crippen molar-refractivity contribution < 1.29 is 13.2 Å². The lowest BCUT2D eigenvalue weighted by Gasteiger charge is -2.25. The Hall–Kier alpha value is -2.29. The lowest BCUT2D eigenvalue weighted by Crippen LogP contribution is -2.35. The molecule has 0 bridgehead atoms. The third kappa shape index (κ3) is 4.09. The van der Waals surface area contributed by atoms with Crippen LogP contribution >= 0.6 is 11.3 Å². The summed E-state index contributed by atoms with van der Waals surface area (Å²) in [6, 6.07) is 14.3. The average Bonchev–Trinajstić information content (AvgIpc) is 3.11. The maximum Gasteiger partial charge on any atom is 0.243 e. The van der Waals surface area contributed by atoms with E-state index in [0.29, 0.717) is 18.2 Å². The quantitative estimate of drug-likeness (QED) is 0.690. The summed E-state index contributed by atoms with van der Waals surface area (Å²) in [5.41, 5.74) is 1.62. The highest BCUT2D eigenvalue weighted by Gasteiger charge is 2.25. The van der Waals surface area contributed by atoms with Crippen LogP contribution in [-0.4, -0.2) is 36.7 Å². The molecule has 0 aliphatic carbocycles. The van der Waals surface area contributed by atoms with Gasteiger partial charge in [-0.2, -0.15) is 4.31 Å². The van der Waals surface area contributed by atoms with Gasteiger partial charge in [-0.25, -0.2) is 13.4 Å². The van der Waals surface area contributed by atoms with Crippen molar-refractivity contribution in [1.29, 1.82) is 0 Å². The largest absolute Gasteiger partial charge is 0.302 e. The van der Waals surface area contributed by atoms with Crippen LogP contribution in [0.15, 0.2) is 53.4 Å². The first kappa shape index (κ1) is 19.0. The van der Waals surface area contributed by atoms with E-state index >= 15 is 0 Å². The number of rotatable bonds is 5. The maximum absolute atomic E-state index is 12.7. The minimum Gasteiger partial charge on any atom is -0.302 e. The number of thiazole rings is 1. The number of fused-ring (bicyclic) bond motifs is 1. The Labute approximate surface area is 168 Å². The standard InChI is InChI=1S/C20H21N3O3S2/c24-19(22-20-21-17-6-2-3-7-18(17)27-20)14-15-8-10-16(11-9-15)28(25,26)23-12-4-1-5-13-23/h2-3,6-11H,1,4-5,12-14H2,(H,21,22,24). The van der Waals surface area contributed by atoms with E-state index in [1.54, 1.807) is 28.6 Å². The van der Waals surface area contributed by atoms with E-state index in [0.717, 1.165) is 35.0 Å². The maximum atomic E-state index is 12.7. The van der Waals surface area contributed by atoms with Crippen molar-refractivity contribution in [2.24, 2.45) is 0 Å². The molecule has 0 unspecified atom stereocenters. The normalized spacial score (nSPS) is 15.6. The zero-order valence-corrected chi connectivity index (χ0v) is 16.9. The second kappa shape index (κ2) is 7.98. The number of aromatic nitrogens is 1. The van der Waals surface area contributed by atoms with Crippen molar-refractivity contribution in [2.45, 2.75) is 30.6 Å². The van der Waals surface area contributed by atoms with E-state index in [1.165, 1.54) is 11.3 Å². The summed E-state index contributed by atoms with van der Waals surface area (Å²) in [5, 5.41) is 3.38. The van der Waals surface area contributed by atoms with Gasteiger partial charge in [0.25, 0.3) is 0 Å². The fourth-order valence-electron chi connectivity index (χ4n) is 3.31. The van der Waals surface area contributed by atoms with Gasteiger partial charge in [0.15, 0.2) is 5.13 Å². The lowest BCUT2D eigenvalue weighted by molar-refractivity contribution is -0.115. The molecule has 1 amide bonds. The van der Waals surface area contributed by atoms with Gasteiger partial charge in [-0.3, -0.25) is 4.79 Å². The first-order valence-electron chi connectivity index (χ1n) is 9.27. The fraction of sp³-hybridized carbons (Fsp3) is 0.300. The SMILES string of the molecule is O=C(Cc1ccc(S(=O)(=O)N2CCCCC2)cc1)Nc1nc2ccccc2s1. The number of para-hydroxylation sites is 1. The summed E-state index contributed by atoms with van der Waals surface area (Å²) in [4.78, 5) is 17.0. The highest BCUT2D eigenvalue weighted by atomic mass is 32.2. The number of amides is 1. The Kier molecular flexibility index (Phi) is 5.43. The number of carbonyl (C=O) groups excluding carboxylic acids is 1. The molecule has 1 aromatic heterocycles. The molecule has 6 nitrogen and oxygen atoms in total. The number of hydrogen-bond acceptors (Lipinski definition) is 5. The Morgan fingerprint density at radius 2 is 1.75 bits per heavy atom. The monoisotopic (exact) mass is 415 g/mol. The minimum absolute atomic E-state index is 0.167. The van der Waals surface area contributed by atoms with Crippen LogP contribution in [0.1, 0.15) is 24.8 Å².